The number of phenolic OH excluding ortho intramolecular Hbond substituents is 1. The zero-order valence-corrected chi connectivity index (χ0v) is 55.1. The van der Waals surface area contributed by atoms with Crippen LogP contribution in [-0.4, -0.2) is 172 Å². The molecule has 0 saturated carbocycles. The Morgan fingerprint density at radius 1 is 0.916 bits per heavy atom. The number of amides is 4. The van der Waals surface area contributed by atoms with E-state index < -0.39 is 40.6 Å². The number of rotatable bonds is 40. The summed E-state index contributed by atoms with van der Waals surface area (Å²) in [4.78, 5) is 86.5. The average Bonchev–Trinajstić information content (AvgIpc) is 4.13. The molecule has 6 N–H and O–H groups in total. The van der Waals surface area contributed by atoms with Crippen LogP contribution in [0, 0.1) is 17.8 Å². The molecule has 1 aliphatic rings. The van der Waals surface area contributed by atoms with Crippen LogP contribution < -0.4 is 21.7 Å². The number of likely N-dealkylation sites (N-methyl/N-ethyl adjacent to an activating group) is 1. The number of carbonyl (C=O) groups is 5. The lowest BCUT2D eigenvalue weighted by Gasteiger charge is -2.39. The number of hydrogen-bond donors (Lipinski definition) is 5. The second-order valence-electron chi connectivity index (χ2n) is 23.5. The van der Waals surface area contributed by atoms with Crippen molar-refractivity contribution in [2.24, 2.45) is 23.5 Å². The second kappa shape index (κ2) is 37.2. The molecule has 4 rings (SSSR count). The summed E-state index contributed by atoms with van der Waals surface area (Å²) in [5, 5.41) is 23.4. The Kier molecular flexibility index (Phi) is 31.9. The lowest BCUT2D eigenvalue weighted by Crippen LogP contribution is -2.59. The van der Waals surface area contributed by atoms with Crippen LogP contribution in [0.3, 0.4) is 0 Å². The molecule has 0 radical (unpaired) electrons. The minimum absolute atomic E-state index is 0.0589. The standard InChI is InChI=1S/C59H99N9O11S2Si2/c1-12-17-53(70)78-40-68(58(74)54(43(5)13-2)66-57(73)51-18-14-15-27-67(51)7)50(42(3)4)23-24-52-65-49(39-80-52)56(72)64-47(35-45-19-21-48(69)22-20-45)34-44(6)55(71)61-26-16-33-82(8,9)79-83(10,11)41-81-59-62-36-46(37-63-59)38-77-32-31-76-30-29-75-28-25-60/h19-22,36-37,39,42-44,47,50-51,54,69H,12-18,23-35,38,40-41,60H2,1-11H3,(H,61,71)(H,64,72)(H,66,73)/t43?,44-,47+,50+,51+,54-/m1/s1. The first kappa shape index (κ1) is 71.1. The van der Waals surface area contributed by atoms with Gasteiger partial charge in [-0.25, -0.2) is 15.0 Å². The molecule has 2 aromatic heterocycles. The Labute approximate surface area is 504 Å². The average molecular weight is 1230 g/mol. The number of ether oxygens (including phenoxy) is 4. The minimum Gasteiger partial charge on any atom is -0.508 e. The van der Waals surface area contributed by atoms with Gasteiger partial charge in [0.2, 0.25) is 17.7 Å². The molecule has 6 atom stereocenters. The summed E-state index contributed by atoms with van der Waals surface area (Å²) in [6.07, 6.45) is 10.2. The van der Waals surface area contributed by atoms with Gasteiger partial charge in [0.15, 0.2) is 28.5 Å². The van der Waals surface area contributed by atoms with Gasteiger partial charge in [-0.05, 0) is 120 Å². The van der Waals surface area contributed by atoms with E-state index in [-0.39, 0.29) is 72.1 Å². The van der Waals surface area contributed by atoms with Crippen molar-refractivity contribution in [1.82, 2.24) is 40.7 Å². The number of aromatic hydroxyl groups is 1. The summed E-state index contributed by atoms with van der Waals surface area (Å²) in [5.41, 5.74) is 7.44. The quantitative estimate of drug-likeness (QED) is 0.00906. The number of esters is 1. The first-order valence-electron chi connectivity index (χ1n) is 29.9. The Bertz CT molecular complexity index is 2410. The number of nitrogens with two attached hydrogens (primary N) is 1. The summed E-state index contributed by atoms with van der Waals surface area (Å²) in [6, 6.07) is 5.73. The lowest BCUT2D eigenvalue weighted by atomic mass is 9.93. The Balaban J connectivity index is 1.32. The molecule has 0 aliphatic carbocycles. The number of piperidine rings is 1. The van der Waals surface area contributed by atoms with Gasteiger partial charge in [-0.3, -0.25) is 28.9 Å². The van der Waals surface area contributed by atoms with Gasteiger partial charge in [0, 0.05) is 72.6 Å². The summed E-state index contributed by atoms with van der Waals surface area (Å²) in [6.45, 7) is 25.1. The first-order valence-corrected chi connectivity index (χ1v) is 38.0. The lowest BCUT2D eigenvalue weighted by molar-refractivity contribution is -0.159. The minimum atomic E-state index is -2.11. The van der Waals surface area contributed by atoms with Crippen molar-refractivity contribution in [1.29, 1.82) is 0 Å². The number of nitrogens with zero attached hydrogens (tertiary/aromatic N) is 5. The van der Waals surface area contributed by atoms with Gasteiger partial charge in [-0.2, -0.15) is 0 Å². The maximum atomic E-state index is 14.8. The highest BCUT2D eigenvalue weighted by Gasteiger charge is 2.38. The fraction of sp³-hybridized carbons (Fsp3) is 0.695. The van der Waals surface area contributed by atoms with Gasteiger partial charge >= 0.3 is 5.97 Å². The Morgan fingerprint density at radius 3 is 2.25 bits per heavy atom. The van der Waals surface area contributed by atoms with Crippen LogP contribution in [0.2, 0.25) is 32.2 Å². The summed E-state index contributed by atoms with van der Waals surface area (Å²) in [5.74, 6) is -1.89. The van der Waals surface area contributed by atoms with E-state index >= 15 is 0 Å². The molecular formula is C59H99N9O11S2Si2. The number of benzene rings is 1. The maximum absolute atomic E-state index is 14.8. The SMILES string of the molecule is CCCC(=O)OCN(C(=O)[C@H](NC(=O)[C@@H]1CCCCN1C)C(C)CC)[C@@H](CCc1nc(C(=O)N[C@H](Cc2ccc(O)cc2)C[C@@H](C)C(=O)NCCC[Si](C)(C)O[Si](C)(C)CSc2ncc(COCCOCCOCCN)cn2)cs1)C(C)C. The number of hydrogen-bond acceptors (Lipinski definition) is 18. The fourth-order valence-electron chi connectivity index (χ4n) is 9.98. The van der Waals surface area contributed by atoms with Crippen molar-refractivity contribution in [2.45, 2.75) is 180 Å². The largest absolute Gasteiger partial charge is 0.508 e. The van der Waals surface area contributed by atoms with E-state index in [9.17, 15) is 29.1 Å². The Morgan fingerprint density at radius 2 is 1.60 bits per heavy atom. The van der Waals surface area contributed by atoms with Gasteiger partial charge in [0.25, 0.3) is 5.91 Å². The zero-order valence-electron chi connectivity index (χ0n) is 51.5. The van der Waals surface area contributed by atoms with E-state index in [0.717, 1.165) is 54.8 Å². The number of thioether (sulfide) groups is 1. The smallest absolute Gasteiger partial charge is 0.307 e. The van der Waals surface area contributed by atoms with E-state index in [1.807, 2.05) is 53.5 Å². The van der Waals surface area contributed by atoms with E-state index in [0.29, 0.717) is 101 Å². The molecule has 1 fully saturated rings. The summed E-state index contributed by atoms with van der Waals surface area (Å²) in [7, 11) is -2.26. The molecule has 1 aliphatic heterocycles. The zero-order chi connectivity index (χ0) is 61.0. The maximum Gasteiger partial charge on any atom is 0.307 e. The molecule has 1 aromatic carbocycles. The number of aromatic nitrogens is 3. The van der Waals surface area contributed by atoms with Gasteiger partial charge in [-0.1, -0.05) is 78.3 Å². The van der Waals surface area contributed by atoms with Crippen molar-refractivity contribution < 1.29 is 52.1 Å². The van der Waals surface area contributed by atoms with E-state index in [2.05, 4.69) is 52.1 Å². The van der Waals surface area contributed by atoms with Crippen molar-refractivity contribution >= 4 is 69.3 Å². The normalized spacial score (nSPS) is 15.9. The number of thiazole rings is 1. The van der Waals surface area contributed by atoms with E-state index in [4.69, 9.17) is 33.8 Å². The first-order chi connectivity index (χ1) is 39.5. The second-order valence-corrected chi connectivity index (χ2v) is 34.6. The number of nitrogens with one attached hydrogen (secondary N) is 3. The molecule has 4 amide bonds. The van der Waals surface area contributed by atoms with Crippen LogP contribution in [0.1, 0.15) is 126 Å². The van der Waals surface area contributed by atoms with Gasteiger partial charge in [0.05, 0.1) is 50.7 Å². The molecule has 1 unspecified atom stereocenters. The topological polar surface area (TPSA) is 259 Å². The number of phenols is 1. The van der Waals surface area contributed by atoms with Crippen molar-refractivity contribution in [2.75, 3.05) is 71.8 Å². The van der Waals surface area contributed by atoms with E-state index in [1.165, 1.54) is 11.3 Å². The molecule has 83 heavy (non-hydrogen) atoms. The predicted octanol–water partition coefficient (Wildman–Crippen LogP) is 7.88. The van der Waals surface area contributed by atoms with Crippen molar-refractivity contribution in [3.8, 4) is 5.75 Å². The highest BCUT2D eigenvalue weighted by atomic mass is 32.2. The van der Waals surface area contributed by atoms with Gasteiger partial charge < -0.3 is 54.8 Å². The highest BCUT2D eigenvalue weighted by molar-refractivity contribution is 8.00. The third kappa shape index (κ3) is 26.4. The predicted molar refractivity (Wildman–Crippen MR) is 332 cm³/mol. The third-order valence-electron chi connectivity index (χ3n) is 14.7. The summed E-state index contributed by atoms with van der Waals surface area (Å²) < 4.78 is 29.1. The van der Waals surface area contributed by atoms with Gasteiger partial charge in [-0.15, -0.1) is 11.3 Å². The van der Waals surface area contributed by atoms with Crippen LogP contribution in [0.4, 0.5) is 0 Å². The molecule has 3 heterocycles. The molecule has 24 heteroatoms. The number of carbonyl (C=O) groups excluding carboxylic acids is 5. The molecular weight excluding hydrogens is 1130 g/mol. The summed E-state index contributed by atoms with van der Waals surface area (Å²) >= 11 is 2.96. The van der Waals surface area contributed by atoms with Crippen molar-refractivity contribution in [3.63, 3.8) is 0 Å². The van der Waals surface area contributed by atoms with Crippen LogP contribution in [0.5, 0.6) is 5.75 Å². The molecule has 466 valence electrons. The molecule has 1 saturated heterocycles. The highest BCUT2D eigenvalue weighted by Crippen LogP contribution is 2.27. The Hall–Kier alpha value is -4.38. The van der Waals surface area contributed by atoms with Crippen molar-refractivity contribution in [3.05, 3.63) is 63.9 Å². The van der Waals surface area contributed by atoms with Crippen LogP contribution in [0.15, 0.2) is 47.2 Å². The monoisotopic (exact) mass is 1230 g/mol. The third-order valence-corrected chi connectivity index (χ3v) is 25.4. The number of likely N-dealkylation sites (tertiary alicyclic amines) is 1. The molecule has 20 nitrogen and oxygen atoms in total. The van der Waals surface area contributed by atoms with Gasteiger partial charge in [0.1, 0.15) is 17.5 Å². The van der Waals surface area contributed by atoms with Crippen LogP contribution in [0.25, 0.3) is 0 Å². The van der Waals surface area contributed by atoms with E-state index in [1.54, 1.807) is 58.7 Å². The molecule has 3 aromatic rings. The fourth-order valence-corrected chi connectivity index (χ4v) is 21.1. The number of aryl methyl sites for hydroxylation is 1. The van der Waals surface area contributed by atoms with Crippen LogP contribution in [-0.2, 0) is 61.7 Å². The molecule has 0 spiro atoms. The molecule has 0 bridgehead atoms. The van der Waals surface area contributed by atoms with Crippen LogP contribution >= 0.6 is 23.1 Å².